The van der Waals surface area contributed by atoms with Crippen molar-refractivity contribution in [3.05, 3.63) is 77.9 Å². The number of alkyl carbamates (subject to hydrolysis) is 1. The second-order valence-corrected chi connectivity index (χ2v) is 9.06. The third-order valence-electron chi connectivity index (χ3n) is 5.20. The summed E-state index contributed by atoms with van der Waals surface area (Å²) in [6.45, 7) is 6.56. The molecule has 3 rings (SSSR count). The zero-order valence-electron chi connectivity index (χ0n) is 20.3. The lowest BCUT2D eigenvalue weighted by molar-refractivity contribution is -0.134. The van der Waals surface area contributed by atoms with E-state index in [1.165, 1.54) is 0 Å². The number of aryl methyl sites for hydroxylation is 1. The standard InChI is InChI=1S/C28H29N3O4/c1-6-31(24(32)18-29-27(34)35-28(3,4)5)25(23-14-10-7-11-19(23)2)26(33)30-22-16-15-20-12-8-9-13-21(20)17-22/h1,7-17,25H,18H2,2-5H3,(H,29,34)(H,30,33). The molecular formula is C28H29N3O4. The van der Waals surface area contributed by atoms with Gasteiger partial charge in [-0.3, -0.25) is 14.5 Å². The number of carbonyl (C=O) groups is 3. The van der Waals surface area contributed by atoms with Gasteiger partial charge in [-0.25, -0.2) is 4.79 Å². The second-order valence-electron chi connectivity index (χ2n) is 9.06. The predicted octanol–water partition coefficient (Wildman–Crippen LogP) is 4.77. The molecule has 0 aliphatic rings. The number of nitrogens with zero attached hydrogens (tertiary/aromatic N) is 1. The normalized spacial score (nSPS) is 11.7. The van der Waals surface area contributed by atoms with Gasteiger partial charge in [-0.05, 0) is 61.7 Å². The van der Waals surface area contributed by atoms with E-state index in [-0.39, 0.29) is 0 Å². The van der Waals surface area contributed by atoms with Crippen LogP contribution in [0.1, 0.15) is 37.9 Å². The number of anilines is 1. The fraction of sp³-hybridized carbons (Fsp3) is 0.250. The molecule has 35 heavy (non-hydrogen) atoms. The largest absolute Gasteiger partial charge is 0.444 e. The number of terminal acetylenes is 1. The number of carbonyl (C=O) groups excluding carboxylic acids is 3. The molecule has 180 valence electrons. The first-order valence-electron chi connectivity index (χ1n) is 11.2. The molecule has 3 amide bonds. The van der Waals surface area contributed by atoms with Crippen molar-refractivity contribution >= 4 is 34.4 Å². The van der Waals surface area contributed by atoms with Crippen LogP contribution in [0.25, 0.3) is 10.8 Å². The molecule has 0 fully saturated rings. The van der Waals surface area contributed by atoms with Crippen molar-refractivity contribution in [1.29, 1.82) is 0 Å². The average Bonchev–Trinajstić information content (AvgIpc) is 2.80. The van der Waals surface area contributed by atoms with Crippen LogP contribution in [0.2, 0.25) is 0 Å². The minimum atomic E-state index is -1.11. The van der Waals surface area contributed by atoms with Crippen LogP contribution in [0.3, 0.4) is 0 Å². The van der Waals surface area contributed by atoms with Gasteiger partial charge in [0.25, 0.3) is 11.8 Å². The highest BCUT2D eigenvalue weighted by Crippen LogP contribution is 2.27. The first kappa shape index (κ1) is 25.3. The van der Waals surface area contributed by atoms with E-state index in [2.05, 4.69) is 16.7 Å². The number of benzene rings is 3. The fourth-order valence-electron chi connectivity index (χ4n) is 3.61. The van der Waals surface area contributed by atoms with E-state index in [0.717, 1.165) is 21.2 Å². The fourth-order valence-corrected chi connectivity index (χ4v) is 3.61. The van der Waals surface area contributed by atoms with Gasteiger partial charge in [0.05, 0.1) is 0 Å². The highest BCUT2D eigenvalue weighted by molar-refractivity contribution is 6.00. The number of nitrogens with one attached hydrogen (secondary N) is 2. The Bertz CT molecular complexity index is 1290. The van der Waals surface area contributed by atoms with Crippen molar-refractivity contribution in [2.24, 2.45) is 0 Å². The Morgan fingerprint density at radius 2 is 1.66 bits per heavy atom. The minimum absolute atomic E-state index is 0.426. The molecule has 0 radical (unpaired) electrons. The van der Waals surface area contributed by atoms with Gasteiger partial charge in [0.1, 0.15) is 18.2 Å². The summed E-state index contributed by atoms with van der Waals surface area (Å²) in [5.41, 5.74) is 1.22. The maximum atomic E-state index is 13.5. The molecule has 3 aromatic rings. The second kappa shape index (κ2) is 10.7. The van der Waals surface area contributed by atoms with E-state index in [9.17, 15) is 14.4 Å². The van der Waals surface area contributed by atoms with Gasteiger partial charge in [-0.1, -0.05) is 61.0 Å². The summed E-state index contributed by atoms with van der Waals surface area (Å²) in [6.07, 6.45) is 4.95. The summed E-state index contributed by atoms with van der Waals surface area (Å²) in [6, 6.07) is 21.8. The molecule has 0 spiro atoms. The maximum Gasteiger partial charge on any atom is 0.408 e. The number of rotatable bonds is 6. The quantitative estimate of drug-likeness (QED) is 0.400. The van der Waals surface area contributed by atoms with Gasteiger partial charge in [0, 0.05) is 11.7 Å². The number of hydrogen-bond donors (Lipinski definition) is 2. The van der Waals surface area contributed by atoms with Gasteiger partial charge in [0.2, 0.25) is 0 Å². The summed E-state index contributed by atoms with van der Waals surface area (Å²) >= 11 is 0. The predicted molar refractivity (Wildman–Crippen MR) is 136 cm³/mol. The van der Waals surface area contributed by atoms with Crippen LogP contribution in [0.5, 0.6) is 0 Å². The Morgan fingerprint density at radius 1 is 1.00 bits per heavy atom. The van der Waals surface area contributed by atoms with Crippen LogP contribution in [0.4, 0.5) is 10.5 Å². The molecule has 2 N–H and O–H groups in total. The Hall–Kier alpha value is -4.31. The third-order valence-corrected chi connectivity index (χ3v) is 5.20. The summed E-state index contributed by atoms with van der Waals surface area (Å²) in [7, 11) is 0. The monoisotopic (exact) mass is 471 g/mol. The van der Waals surface area contributed by atoms with Gasteiger partial charge in [0.15, 0.2) is 0 Å². The molecule has 1 atom stereocenters. The Kier molecular flexibility index (Phi) is 7.77. The number of ether oxygens (including phenoxy) is 1. The molecule has 3 aromatic carbocycles. The zero-order chi connectivity index (χ0) is 25.6. The maximum absolute atomic E-state index is 13.5. The van der Waals surface area contributed by atoms with E-state index >= 15 is 0 Å². The zero-order valence-corrected chi connectivity index (χ0v) is 20.3. The molecule has 7 nitrogen and oxygen atoms in total. The Labute approximate surface area is 205 Å². The lowest BCUT2D eigenvalue weighted by Crippen LogP contribution is -2.44. The first-order valence-corrected chi connectivity index (χ1v) is 11.2. The highest BCUT2D eigenvalue weighted by atomic mass is 16.6. The molecular weight excluding hydrogens is 442 g/mol. The van der Waals surface area contributed by atoms with E-state index in [1.807, 2.05) is 55.5 Å². The average molecular weight is 472 g/mol. The van der Waals surface area contributed by atoms with Crippen molar-refractivity contribution in [2.75, 3.05) is 11.9 Å². The van der Waals surface area contributed by atoms with Gasteiger partial charge in [-0.15, -0.1) is 0 Å². The Balaban J connectivity index is 1.87. The highest BCUT2D eigenvalue weighted by Gasteiger charge is 2.32. The van der Waals surface area contributed by atoms with E-state index < -0.39 is 36.1 Å². The molecule has 0 heterocycles. The topological polar surface area (TPSA) is 87.7 Å². The van der Waals surface area contributed by atoms with Crippen molar-refractivity contribution in [3.8, 4) is 12.5 Å². The Morgan fingerprint density at radius 3 is 2.31 bits per heavy atom. The lowest BCUT2D eigenvalue weighted by atomic mass is 9.99. The van der Waals surface area contributed by atoms with Crippen LogP contribution in [-0.4, -0.2) is 35.0 Å². The van der Waals surface area contributed by atoms with Crippen molar-refractivity contribution in [2.45, 2.75) is 39.3 Å². The number of fused-ring (bicyclic) bond motifs is 1. The smallest absolute Gasteiger partial charge is 0.408 e. The first-order chi connectivity index (χ1) is 16.6. The molecule has 0 aliphatic carbocycles. The van der Waals surface area contributed by atoms with Gasteiger partial charge in [-0.2, -0.15) is 0 Å². The molecule has 7 heteroatoms. The molecule has 0 aromatic heterocycles. The molecule has 0 saturated heterocycles. The molecule has 0 saturated carbocycles. The summed E-state index contributed by atoms with van der Waals surface area (Å²) in [5, 5.41) is 7.29. The van der Waals surface area contributed by atoms with Crippen LogP contribution in [-0.2, 0) is 14.3 Å². The molecule has 0 aliphatic heterocycles. The minimum Gasteiger partial charge on any atom is -0.444 e. The SMILES string of the molecule is C#CN(C(=O)CNC(=O)OC(C)(C)C)C(C(=O)Nc1ccc2ccccc2c1)c1ccccc1C. The number of amides is 3. The van der Waals surface area contributed by atoms with Crippen LogP contribution >= 0.6 is 0 Å². The van der Waals surface area contributed by atoms with Crippen LogP contribution in [0, 0.1) is 19.4 Å². The molecule has 0 bridgehead atoms. The van der Waals surface area contributed by atoms with Gasteiger partial charge < -0.3 is 15.4 Å². The third kappa shape index (κ3) is 6.61. The van der Waals surface area contributed by atoms with E-state index in [4.69, 9.17) is 11.2 Å². The van der Waals surface area contributed by atoms with E-state index in [0.29, 0.717) is 11.3 Å². The van der Waals surface area contributed by atoms with Crippen molar-refractivity contribution in [3.63, 3.8) is 0 Å². The summed E-state index contributed by atoms with van der Waals surface area (Å²) < 4.78 is 5.18. The number of hydrogen-bond acceptors (Lipinski definition) is 4. The van der Waals surface area contributed by atoms with E-state index in [1.54, 1.807) is 39.0 Å². The van der Waals surface area contributed by atoms with Crippen LogP contribution < -0.4 is 10.6 Å². The summed E-state index contributed by atoms with van der Waals surface area (Å²) in [4.78, 5) is 39.6. The lowest BCUT2D eigenvalue weighted by Gasteiger charge is -2.28. The molecule has 1 unspecified atom stereocenters. The summed E-state index contributed by atoms with van der Waals surface area (Å²) in [5.74, 6) is -1.10. The van der Waals surface area contributed by atoms with Gasteiger partial charge >= 0.3 is 6.09 Å². The van der Waals surface area contributed by atoms with Crippen molar-refractivity contribution in [1.82, 2.24) is 10.2 Å². The van der Waals surface area contributed by atoms with Crippen molar-refractivity contribution < 1.29 is 19.1 Å². The van der Waals surface area contributed by atoms with Crippen LogP contribution in [0.15, 0.2) is 66.7 Å².